The molecule has 1 aromatic rings. The number of nitrogens with zero attached hydrogens (tertiary/aromatic N) is 1. The summed E-state index contributed by atoms with van der Waals surface area (Å²) in [4.78, 5) is 14.1. The summed E-state index contributed by atoms with van der Waals surface area (Å²) in [6.07, 6.45) is 1.82. The number of carbonyl (C=O) groups is 1. The van der Waals surface area contributed by atoms with Crippen molar-refractivity contribution < 1.29 is 13.6 Å². The van der Waals surface area contributed by atoms with Crippen LogP contribution in [0.5, 0.6) is 0 Å². The van der Waals surface area contributed by atoms with E-state index < -0.39 is 17.0 Å². The first-order valence-corrected chi connectivity index (χ1v) is 6.82. The summed E-state index contributed by atoms with van der Waals surface area (Å²) in [5.74, 6) is -1.71. The fourth-order valence-electron chi connectivity index (χ4n) is 2.68. The molecule has 6 heteroatoms. The van der Waals surface area contributed by atoms with Crippen LogP contribution in [-0.4, -0.2) is 30.9 Å². The molecule has 0 aliphatic carbocycles. The fourth-order valence-corrected chi connectivity index (χ4v) is 2.68. The van der Waals surface area contributed by atoms with E-state index in [0.29, 0.717) is 12.1 Å². The van der Waals surface area contributed by atoms with Crippen LogP contribution in [-0.2, 0) is 11.3 Å². The van der Waals surface area contributed by atoms with Gasteiger partial charge in [-0.2, -0.15) is 0 Å². The lowest BCUT2D eigenvalue weighted by Crippen LogP contribution is -2.48. The first-order valence-electron chi connectivity index (χ1n) is 6.82. The van der Waals surface area contributed by atoms with Gasteiger partial charge in [0.1, 0.15) is 0 Å². The highest BCUT2D eigenvalue weighted by Gasteiger charge is 2.36. The van der Waals surface area contributed by atoms with E-state index >= 15 is 0 Å². The molecule has 0 radical (unpaired) electrons. The summed E-state index contributed by atoms with van der Waals surface area (Å²) in [5.41, 5.74) is 0.179. The molecule has 1 unspecified atom stereocenters. The van der Waals surface area contributed by atoms with Crippen molar-refractivity contribution in [1.82, 2.24) is 10.2 Å². The number of carbonyl (C=O) groups excluding carboxylic acids is 1. The standard InChI is InChI=1S/C15H20F2N2O.ClH/c1-15(6-3-7-18-10-15)14(20)19(2)9-11-4-5-12(16)13(17)8-11;/h4-5,8,18H,3,6-7,9-10H2,1-2H3;1H. The molecule has 0 spiro atoms. The predicted molar refractivity (Wildman–Crippen MR) is 80.3 cm³/mol. The number of amides is 1. The Labute approximate surface area is 130 Å². The van der Waals surface area contributed by atoms with Gasteiger partial charge >= 0.3 is 0 Å². The zero-order chi connectivity index (χ0) is 14.8. The van der Waals surface area contributed by atoms with Gasteiger partial charge < -0.3 is 10.2 Å². The van der Waals surface area contributed by atoms with Crippen molar-refractivity contribution in [3.05, 3.63) is 35.4 Å². The summed E-state index contributed by atoms with van der Waals surface area (Å²) < 4.78 is 26.1. The summed E-state index contributed by atoms with van der Waals surface area (Å²) in [6.45, 7) is 3.83. The minimum atomic E-state index is -0.881. The molecule has 3 nitrogen and oxygen atoms in total. The minimum absolute atomic E-state index is 0. The predicted octanol–water partition coefficient (Wildman–Crippen LogP) is 2.73. The maximum Gasteiger partial charge on any atom is 0.229 e. The second-order valence-corrected chi connectivity index (χ2v) is 5.75. The van der Waals surface area contributed by atoms with Gasteiger partial charge in [-0.25, -0.2) is 8.78 Å². The second kappa shape index (κ2) is 7.18. The van der Waals surface area contributed by atoms with E-state index in [2.05, 4.69) is 5.32 Å². The third-order valence-electron chi connectivity index (χ3n) is 3.86. The van der Waals surface area contributed by atoms with Crippen LogP contribution < -0.4 is 5.32 Å². The van der Waals surface area contributed by atoms with Gasteiger partial charge in [0.15, 0.2) is 11.6 Å². The molecule has 118 valence electrons. The van der Waals surface area contributed by atoms with Gasteiger partial charge in [0.05, 0.1) is 5.41 Å². The minimum Gasteiger partial charge on any atom is -0.341 e. The Morgan fingerprint density at radius 2 is 2.10 bits per heavy atom. The Morgan fingerprint density at radius 1 is 1.38 bits per heavy atom. The van der Waals surface area contributed by atoms with Crippen LogP contribution in [0, 0.1) is 17.0 Å². The average molecular weight is 319 g/mol. The highest BCUT2D eigenvalue weighted by molar-refractivity contribution is 5.85. The maximum absolute atomic E-state index is 13.2. The van der Waals surface area contributed by atoms with Crippen LogP contribution in [0.25, 0.3) is 0 Å². The summed E-state index contributed by atoms with van der Waals surface area (Å²) in [5, 5.41) is 3.23. The van der Waals surface area contributed by atoms with Crippen LogP contribution >= 0.6 is 12.4 Å². The molecule has 1 aliphatic rings. The molecule has 1 fully saturated rings. The topological polar surface area (TPSA) is 32.3 Å². The highest BCUT2D eigenvalue weighted by Crippen LogP contribution is 2.28. The molecule has 1 amide bonds. The van der Waals surface area contributed by atoms with E-state index in [1.165, 1.54) is 6.07 Å². The van der Waals surface area contributed by atoms with Gasteiger partial charge in [-0.15, -0.1) is 12.4 Å². The van der Waals surface area contributed by atoms with E-state index in [0.717, 1.165) is 31.5 Å². The lowest BCUT2D eigenvalue weighted by atomic mass is 9.81. The normalized spacial score (nSPS) is 21.5. The van der Waals surface area contributed by atoms with Crippen molar-refractivity contribution in [3.63, 3.8) is 0 Å². The molecule has 1 aliphatic heterocycles. The van der Waals surface area contributed by atoms with Crippen LogP contribution in [0.2, 0.25) is 0 Å². The van der Waals surface area contributed by atoms with Crippen LogP contribution in [0.4, 0.5) is 8.78 Å². The quantitative estimate of drug-likeness (QED) is 0.929. The van der Waals surface area contributed by atoms with Crippen molar-refractivity contribution >= 4 is 18.3 Å². The lowest BCUT2D eigenvalue weighted by Gasteiger charge is -2.36. The van der Waals surface area contributed by atoms with Gasteiger partial charge in [0.25, 0.3) is 0 Å². The smallest absolute Gasteiger partial charge is 0.229 e. The molecule has 1 aromatic carbocycles. The third kappa shape index (κ3) is 4.14. The van der Waals surface area contributed by atoms with Gasteiger partial charge in [-0.3, -0.25) is 4.79 Å². The largest absolute Gasteiger partial charge is 0.341 e. The number of rotatable bonds is 3. The monoisotopic (exact) mass is 318 g/mol. The first kappa shape index (κ1) is 17.9. The van der Waals surface area contributed by atoms with E-state index in [-0.39, 0.29) is 24.9 Å². The number of piperidine rings is 1. The van der Waals surface area contributed by atoms with Gasteiger partial charge in [0, 0.05) is 20.1 Å². The van der Waals surface area contributed by atoms with Crippen molar-refractivity contribution in [1.29, 1.82) is 0 Å². The Morgan fingerprint density at radius 3 is 2.67 bits per heavy atom. The number of halogens is 3. The molecule has 1 N–H and O–H groups in total. The molecule has 1 heterocycles. The van der Waals surface area contributed by atoms with Gasteiger partial charge in [-0.05, 0) is 44.0 Å². The molecule has 1 atom stereocenters. The zero-order valence-electron chi connectivity index (χ0n) is 12.3. The Kier molecular flexibility index (Phi) is 6.10. The summed E-state index contributed by atoms with van der Waals surface area (Å²) in [6, 6.07) is 3.73. The Hall–Kier alpha value is -1.20. The molecule has 0 saturated carbocycles. The maximum atomic E-state index is 13.2. The molecule has 0 aromatic heterocycles. The highest BCUT2D eigenvalue weighted by atomic mass is 35.5. The summed E-state index contributed by atoms with van der Waals surface area (Å²) >= 11 is 0. The van der Waals surface area contributed by atoms with Crippen molar-refractivity contribution in [2.24, 2.45) is 5.41 Å². The molecule has 0 bridgehead atoms. The lowest BCUT2D eigenvalue weighted by molar-refractivity contribution is -0.141. The van der Waals surface area contributed by atoms with Crippen LogP contribution in [0.15, 0.2) is 18.2 Å². The Bertz CT molecular complexity index is 504. The fraction of sp³-hybridized carbons (Fsp3) is 0.533. The van der Waals surface area contributed by atoms with Crippen molar-refractivity contribution in [2.75, 3.05) is 20.1 Å². The summed E-state index contributed by atoms with van der Waals surface area (Å²) in [7, 11) is 1.70. The van der Waals surface area contributed by atoms with E-state index in [9.17, 15) is 13.6 Å². The molecular formula is C15H21ClF2N2O. The van der Waals surface area contributed by atoms with E-state index in [1.54, 1.807) is 11.9 Å². The molecule has 1 saturated heterocycles. The average Bonchev–Trinajstić information content (AvgIpc) is 2.43. The molecule has 21 heavy (non-hydrogen) atoms. The Balaban J connectivity index is 0.00000220. The number of benzene rings is 1. The SMILES string of the molecule is CN(Cc1ccc(F)c(F)c1)C(=O)C1(C)CCCNC1.Cl. The van der Waals surface area contributed by atoms with Crippen molar-refractivity contribution in [2.45, 2.75) is 26.3 Å². The van der Waals surface area contributed by atoms with E-state index in [4.69, 9.17) is 0 Å². The number of hydrogen-bond acceptors (Lipinski definition) is 2. The van der Waals surface area contributed by atoms with Crippen molar-refractivity contribution in [3.8, 4) is 0 Å². The van der Waals surface area contributed by atoms with Gasteiger partial charge in [-0.1, -0.05) is 6.07 Å². The van der Waals surface area contributed by atoms with Crippen LogP contribution in [0.3, 0.4) is 0 Å². The number of hydrogen-bond donors (Lipinski definition) is 1. The molecular weight excluding hydrogens is 298 g/mol. The first-order chi connectivity index (χ1) is 9.42. The molecule has 2 rings (SSSR count). The van der Waals surface area contributed by atoms with E-state index in [1.807, 2.05) is 6.92 Å². The third-order valence-corrected chi connectivity index (χ3v) is 3.86. The number of nitrogens with one attached hydrogen (secondary N) is 1. The van der Waals surface area contributed by atoms with Gasteiger partial charge in [0.2, 0.25) is 5.91 Å². The second-order valence-electron chi connectivity index (χ2n) is 5.75. The van der Waals surface area contributed by atoms with Crippen LogP contribution in [0.1, 0.15) is 25.3 Å². The zero-order valence-corrected chi connectivity index (χ0v) is 13.1.